The molecule has 1 N–H and O–H groups in total. The van der Waals surface area contributed by atoms with E-state index in [9.17, 15) is 22.4 Å². The summed E-state index contributed by atoms with van der Waals surface area (Å²) >= 11 is 0. The fraction of sp³-hybridized carbons (Fsp3) is 0.391. The van der Waals surface area contributed by atoms with Crippen molar-refractivity contribution >= 4 is 27.7 Å². The molecule has 0 radical (unpaired) electrons. The molecule has 0 saturated heterocycles. The van der Waals surface area contributed by atoms with E-state index in [0.717, 1.165) is 14.2 Å². The Hall–Kier alpha value is -2.98. The van der Waals surface area contributed by atoms with Gasteiger partial charge in [0.1, 0.15) is 18.4 Å². The van der Waals surface area contributed by atoms with Crippen LogP contribution < -0.4 is 9.62 Å². The molecule has 2 aromatic carbocycles. The van der Waals surface area contributed by atoms with E-state index in [2.05, 4.69) is 5.32 Å². The number of amides is 2. The van der Waals surface area contributed by atoms with Crippen molar-refractivity contribution in [2.24, 2.45) is 0 Å². The summed E-state index contributed by atoms with van der Waals surface area (Å²) in [4.78, 5) is 27.1. The first-order valence-corrected chi connectivity index (χ1v) is 11.8. The molecule has 8 nitrogen and oxygen atoms in total. The molecular weight excluding hydrogens is 447 g/mol. The van der Waals surface area contributed by atoms with Crippen molar-refractivity contribution in [1.82, 2.24) is 14.5 Å². The second-order valence-electron chi connectivity index (χ2n) is 8.03. The van der Waals surface area contributed by atoms with Crippen molar-refractivity contribution in [3.8, 4) is 0 Å². The van der Waals surface area contributed by atoms with Crippen LogP contribution in [0.4, 0.5) is 10.1 Å². The molecule has 0 fully saturated rings. The van der Waals surface area contributed by atoms with Crippen molar-refractivity contribution in [3.05, 3.63) is 65.0 Å². The number of hydrogen-bond acceptors (Lipinski definition) is 4. The number of hydrogen-bond donors (Lipinski definition) is 1. The zero-order valence-corrected chi connectivity index (χ0v) is 20.6. The van der Waals surface area contributed by atoms with E-state index in [1.54, 1.807) is 26.0 Å². The van der Waals surface area contributed by atoms with Crippen LogP contribution in [0.25, 0.3) is 0 Å². The van der Waals surface area contributed by atoms with Gasteiger partial charge in [0.2, 0.25) is 11.8 Å². The van der Waals surface area contributed by atoms with Crippen molar-refractivity contribution in [2.45, 2.75) is 33.4 Å². The molecule has 0 bridgehead atoms. The fourth-order valence-corrected chi connectivity index (χ4v) is 4.38. The third kappa shape index (κ3) is 6.29. The van der Waals surface area contributed by atoms with Gasteiger partial charge in [0.15, 0.2) is 0 Å². The number of rotatable bonds is 9. The van der Waals surface area contributed by atoms with Crippen LogP contribution in [0.2, 0.25) is 0 Å². The van der Waals surface area contributed by atoms with Gasteiger partial charge in [0.05, 0.1) is 5.69 Å². The van der Waals surface area contributed by atoms with Gasteiger partial charge in [-0.05, 0) is 55.7 Å². The van der Waals surface area contributed by atoms with E-state index in [1.807, 2.05) is 13.0 Å². The predicted octanol–water partition coefficient (Wildman–Crippen LogP) is 2.22. The maximum Gasteiger partial charge on any atom is 0.304 e. The van der Waals surface area contributed by atoms with Crippen molar-refractivity contribution in [1.29, 1.82) is 0 Å². The third-order valence-corrected chi connectivity index (χ3v) is 7.14. The van der Waals surface area contributed by atoms with Gasteiger partial charge in [-0.3, -0.25) is 9.59 Å². The smallest absolute Gasteiger partial charge is 0.304 e. The van der Waals surface area contributed by atoms with Gasteiger partial charge in [-0.1, -0.05) is 24.3 Å². The van der Waals surface area contributed by atoms with Crippen LogP contribution in [-0.2, 0) is 26.3 Å². The first-order valence-electron chi connectivity index (χ1n) is 10.4. The molecular formula is C23H31FN4O4S. The second kappa shape index (κ2) is 10.8. The summed E-state index contributed by atoms with van der Waals surface area (Å²) in [5.74, 6) is -1.39. The molecule has 0 aliphatic heterocycles. The van der Waals surface area contributed by atoms with Crippen molar-refractivity contribution in [2.75, 3.05) is 32.0 Å². The number of likely N-dealkylation sites (N-methyl/N-ethyl adjacent to an activating group) is 1. The Bertz CT molecular complexity index is 1100. The quantitative estimate of drug-likeness (QED) is 0.599. The van der Waals surface area contributed by atoms with Crippen molar-refractivity contribution < 1.29 is 22.4 Å². The minimum atomic E-state index is -4.02. The molecule has 180 valence electrons. The van der Waals surface area contributed by atoms with Gasteiger partial charge in [-0.25, -0.2) is 8.70 Å². The van der Waals surface area contributed by atoms with Gasteiger partial charge in [0.25, 0.3) is 0 Å². The number of nitrogens with zero attached hydrogens (tertiary/aromatic N) is 3. The van der Waals surface area contributed by atoms with Gasteiger partial charge in [0, 0.05) is 27.7 Å². The number of carbonyl (C=O) groups is 2. The highest BCUT2D eigenvalue weighted by molar-refractivity contribution is 7.90. The number of benzene rings is 2. The van der Waals surface area contributed by atoms with Crippen LogP contribution in [-0.4, -0.2) is 63.2 Å². The SMILES string of the molecule is CNC(=O)[C@H](C)N(Cc1ccc(F)cc1)C(=O)CN(c1cc(C)ccc1C)S(=O)(=O)N(C)C. The normalized spacial score (nSPS) is 12.4. The summed E-state index contributed by atoms with van der Waals surface area (Å²) < 4.78 is 41.8. The highest BCUT2D eigenvalue weighted by Crippen LogP contribution is 2.26. The minimum absolute atomic E-state index is 0.0103. The Morgan fingerprint density at radius 2 is 1.67 bits per heavy atom. The molecule has 2 aromatic rings. The summed E-state index contributed by atoms with van der Waals surface area (Å²) in [6.45, 7) is 4.66. The zero-order chi connectivity index (χ0) is 24.9. The maximum atomic E-state index is 13.5. The predicted molar refractivity (Wildman–Crippen MR) is 126 cm³/mol. The zero-order valence-electron chi connectivity index (χ0n) is 19.8. The summed E-state index contributed by atoms with van der Waals surface area (Å²) in [7, 11) is 0.216. The molecule has 0 spiro atoms. The Kier molecular flexibility index (Phi) is 8.57. The molecule has 10 heteroatoms. The van der Waals surface area contributed by atoms with Crippen LogP contribution in [0.15, 0.2) is 42.5 Å². The molecule has 0 aliphatic carbocycles. The van der Waals surface area contributed by atoms with Crippen LogP contribution in [0.3, 0.4) is 0 Å². The Balaban J connectivity index is 2.49. The highest BCUT2D eigenvalue weighted by Gasteiger charge is 2.33. The summed E-state index contributed by atoms with van der Waals surface area (Å²) in [6, 6.07) is 10.0. The molecule has 0 unspecified atom stereocenters. The van der Waals surface area contributed by atoms with E-state index in [-0.39, 0.29) is 6.54 Å². The number of anilines is 1. The lowest BCUT2D eigenvalue weighted by Crippen LogP contribution is -2.52. The Morgan fingerprint density at radius 3 is 2.21 bits per heavy atom. The number of aryl methyl sites for hydroxylation is 2. The molecule has 33 heavy (non-hydrogen) atoms. The molecule has 1 atom stereocenters. The number of nitrogens with one attached hydrogen (secondary N) is 1. The Morgan fingerprint density at radius 1 is 1.06 bits per heavy atom. The number of carbonyl (C=O) groups excluding carboxylic acids is 2. The largest absolute Gasteiger partial charge is 0.357 e. The van der Waals surface area contributed by atoms with Crippen LogP contribution in [0, 0.1) is 19.7 Å². The first kappa shape index (κ1) is 26.3. The topological polar surface area (TPSA) is 90.0 Å². The van der Waals surface area contributed by atoms with E-state index in [4.69, 9.17) is 0 Å². The second-order valence-corrected chi connectivity index (χ2v) is 10.1. The lowest BCUT2D eigenvalue weighted by molar-refractivity contribution is -0.139. The van der Waals surface area contributed by atoms with Gasteiger partial charge in [-0.2, -0.15) is 12.7 Å². The number of halogens is 1. The molecule has 0 aromatic heterocycles. The lowest BCUT2D eigenvalue weighted by atomic mass is 10.1. The van der Waals surface area contributed by atoms with Gasteiger partial charge < -0.3 is 10.2 Å². The molecule has 0 heterocycles. The summed E-state index contributed by atoms with van der Waals surface area (Å²) in [5, 5.41) is 2.51. The lowest BCUT2D eigenvalue weighted by Gasteiger charge is -2.33. The fourth-order valence-electron chi connectivity index (χ4n) is 3.27. The molecule has 2 amide bonds. The average Bonchev–Trinajstić information content (AvgIpc) is 2.77. The van der Waals surface area contributed by atoms with Gasteiger partial charge >= 0.3 is 10.2 Å². The third-order valence-electron chi connectivity index (χ3n) is 5.33. The van der Waals surface area contributed by atoms with E-state index in [0.29, 0.717) is 16.8 Å². The molecule has 0 aliphatic rings. The van der Waals surface area contributed by atoms with Crippen LogP contribution >= 0.6 is 0 Å². The van der Waals surface area contributed by atoms with E-state index >= 15 is 0 Å². The summed E-state index contributed by atoms with van der Waals surface area (Å²) in [5.41, 5.74) is 2.51. The van der Waals surface area contributed by atoms with Crippen LogP contribution in [0.5, 0.6) is 0 Å². The summed E-state index contributed by atoms with van der Waals surface area (Å²) in [6.07, 6.45) is 0. The Labute approximate surface area is 195 Å². The maximum absolute atomic E-state index is 13.5. The monoisotopic (exact) mass is 478 g/mol. The van der Waals surface area contributed by atoms with Crippen LogP contribution in [0.1, 0.15) is 23.6 Å². The standard InChI is InChI=1S/C23H31FN4O4S/c1-16-7-8-17(2)21(13-16)28(33(31,32)26(5)6)15-22(29)27(18(3)23(30)25-4)14-19-9-11-20(24)12-10-19/h7-13,18H,14-15H2,1-6H3,(H,25,30)/t18-/m0/s1. The first-order chi connectivity index (χ1) is 15.4. The molecule has 2 rings (SSSR count). The van der Waals surface area contributed by atoms with E-state index in [1.165, 1.54) is 50.3 Å². The van der Waals surface area contributed by atoms with E-state index < -0.39 is 40.4 Å². The van der Waals surface area contributed by atoms with Gasteiger partial charge in [-0.15, -0.1) is 0 Å². The average molecular weight is 479 g/mol. The molecule has 0 saturated carbocycles. The highest BCUT2D eigenvalue weighted by atomic mass is 32.2. The minimum Gasteiger partial charge on any atom is -0.357 e. The van der Waals surface area contributed by atoms with Crippen molar-refractivity contribution in [3.63, 3.8) is 0 Å².